The first-order valence-corrected chi connectivity index (χ1v) is 9.53. The van der Waals surface area contributed by atoms with Crippen molar-refractivity contribution in [2.75, 3.05) is 48.0 Å². The van der Waals surface area contributed by atoms with E-state index in [1.54, 1.807) is 0 Å². The van der Waals surface area contributed by atoms with Gasteiger partial charge < -0.3 is 19.9 Å². The number of aryl methyl sites for hydroxylation is 2. The summed E-state index contributed by atoms with van der Waals surface area (Å²) in [5, 5.41) is 2.99. The molecule has 0 spiro atoms. The number of amides is 2. The second-order valence-electron chi connectivity index (χ2n) is 7.01. The van der Waals surface area contributed by atoms with Gasteiger partial charge in [0.2, 0.25) is 11.8 Å². The van der Waals surface area contributed by atoms with Gasteiger partial charge in [-0.05, 0) is 37.1 Å². The van der Waals surface area contributed by atoms with Gasteiger partial charge in [0.15, 0.2) is 0 Å². The van der Waals surface area contributed by atoms with Crippen LogP contribution in [0.3, 0.4) is 0 Å². The van der Waals surface area contributed by atoms with Crippen LogP contribution in [0.1, 0.15) is 18.1 Å². The lowest BCUT2D eigenvalue weighted by Gasteiger charge is -2.31. The van der Waals surface area contributed by atoms with Gasteiger partial charge in [0.05, 0.1) is 30.3 Å². The fraction of sp³-hybridized carbons (Fsp3) is 0.364. The van der Waals surface area contributed by atoms with Gasteiger partial charge >= 0.3 is 0 Å². The highest BCUT2D eigenvalue weighted by molar-refractivity contribution is 6.03. The maximum absolute atomic E-state index is 12.8. The fourth-order valence-electron chi connectivity index (χ4n) is 3.57. The van der Waals surface area contributed by atoms with Crippen molar-refractivity contribution in [1.82, 2.24) is 0 Å². The van der Waals surface area contributed by atoms with E-state index in [4.69, 9.17) is 4.74 Å². The molecule has 0 radical (unpaired) electrons. The van der Waals surface area contributed by atoms with E-state index in [9.17, 15) is 9.59 Å². The molecule has 3 rings (SSSR count). The molecule has 1 heterocycles. The molecule has 6 heteroatoms. The zero-order valence-electron chi connectivity index (χ0n) is 16.7. The van der Waals surface area contributed by atoms with Crippen LogP contribution in [0, 0.1) is 13.8 Å². The summed E-state index contributed by atoms with van der Waals surface area (Å²) in [6, 6.07) is 13.6. The molecule has 0 atom stereocenters. The molecule has 6 nitrogen and oxygen atoms in total. The molecule has 148 valence electrons. The van der Waals surface area contributed by atoms with E-state index in [1.807, 2.05) is 56.3 Å². The van der Waals surface area contributed by atoms with Crippen LogP contribution >= 0.6 is 0 Å². The van der Waals surface area contributed by atoms with Gasteiger partial charge in [-0.3, -0.25) is 9.59 Å². The Bertz CT molecular complexity index is 840. The Morgan fingerprint density at radius 2 is 1.68 bits per heavy atom. The predicted octanol–water partition coefficient (Wildman–Crippen LogP) is 3.13. The first-order chi connectivity index (χ1) is 13.5. The van der Waals surface area contributed by atoms with Crippen LogP contribution in [-0.4, -0.2) is 44.7 Å². The van der Waals surface area contributed by atoms with Gasteiger partial charge in [-0.1, -0.05) is 30.3 Å². The van der Waals surface area contributed by atoms with Gasteiger partial charge in [0.25, 0.3) is 0 Å². The minimum atomic E-state index is -0.224. The summed E-state index contributed by atoms with van der Waals surface area (Å²) in [6.45, 7) is 8.27. The maximum atomic E-state index is 12.8. The van der Waals surface area contributed by atoms with Gasteiger partial charge in [0, 0.05) is 20.0 Å². The molecule has 1 fully saturated rings. The number of ether oxygens (including phenoxy) is 1. The zero-order chi connectivity index (χ0) is 20.1. The van der Waals surface area contributed by atoms with E-state index >= 15 is 0 Å². The van der Waals surface area contributed by atoms with Crippen LogP contribution in [0.4, 0.5) is 17.1 Å². The van der Waals surface area contributed by atoms with Crippen LogP contribution in [0.2, 0.25) is 0 Å². The molecule has 0 bridgehead atoms. The molecule has 1 saturated heterocycles. The van der Waals surface area contributed by atoms with Crippen molar-refractivity contribution in [1.29, 1.82) is 0 Å². The molecule has 0 aromatic heterocycles. The second-order valence-corrected chi connectivity index (χ2v) is 7.01. The molecule has 1 N–H and O–H groups in total. The number of carbonyl (C=O) groups excluding carboxylic acids is 2. The van der Waals surface area contributed by atoms with Crippen LogP contribution < -0.4 is 15.1 Å². The quantitative estimate of drug-likeness (QED) is 0.864. The Kier molecular flexibility index (Phi) is 6.31. The van der Waals surface area contributed by atoms with Crippen molar-refractivity contribution in [3.8, 4) is 0 Å². The molecule has 0 aliphatic carbocycles. The van der Waals surface area contributed by atoms with Gasteiger partial charge in [-0.25, -0.2) is 0 Å². The van der Waals surface area contributed by atoms with E-state index in [0.29, 0.717) is 13.2 Å². The van der Waals surface area contributed by atoms with E-state index < -0.39 is 0 Å². The number of carbonyl (C=O) groups is 2. The summed E-state index contributed by atoms with van der Waals surface area (Å²) in [7, 11) is 0. The largest absolute Gasteiger partial charge is 0.378 e. The summed E-state index contributed by atoms with van der Waals surface area (Å²) in [5.41, 5.74) is 4.46. The maximum Gasteiger partial charge on any atom is 0.244 e. The van der Waals surface area contributed by atoms with Crippen molar-refractivity contribution in [3.05, 3.63) is 53.6 Å². The number of hydrogen-bond donors (Lipinski definition) is 1. The van der Waals surface area contributed by atoms with Crippen molar-refractivity contribution >= 4 is 28.9 Å². The summed E-state index contributed by atoms with van der Waals surface area (Å²) >= 11 is 0. The highest BCUT2D eigenvalue weighted by atomic mass is 16.5. The Balaban J connectivity index is 1.78. The number of nitrogens with zero attached hydrogens (tertiary/aromatic N) is 2. The SMILES string of the molecule is CC(=O)N(CC(=O)Nc1ccccc1N1CCOCC1)c1c(C)cccc1C. The average molecular weight is 381 g/mol. The summed E-state index contributed by atoms with van der Waals surface area (Å²) in [4.78, 5) is 28.8. The predicted molar refractivity (Wildman–Crippen MR) is 112 cm³/mol. The van der Waals surface area contributed by atoms with Gasteiger partial charge in [-0.2, -0.15) is 0 Å². The number of nitrogens with one attached hydrogen (secondary N) is 1. The Labute approximate surface area is 166 Å². The van der Waals surface area contributed by atoms with Crippen molar-refractivity contribution in [3.63, 3.8) is 0 Å². The molecule has 28 heavy (non-hydrogen) atoms. The van der Waals surface area contributed by atoms with E-state index in [0.717, 1.165) is 41.3 Å². The summed E-state index contributed by atoms with van der Waals surface area (Å²) in [6.07, 6.45) is 0. The molecule has 1 aliphatic heterocycles. The van der Waals surface area contributed by atoms with Crippen molar-refractivity contribution in [2.24, 2.45) is 0 Å². The third kappa shape index (κ3) is 4.51. The van der Waals surface area contributed by atoms with E-state index in [-0.39, 0.29) is 18.4 Å². The monoisotopic (exact) mass is 381 g/mol. The molecule has 1 aliphatic rings. The zero-order valence-corrected chi connectivity index (χ0v) is 16.7. The van der Waals surface area contributed by atoms with E-state index in [2.05, 4.69) is 10.2 Å². The molecular formula is C22H27N3O3. The molecule has 2 aromatic carbocycles. The minimum Gasteiger partial charge on any atom is -0.378 e. The standard InChI is InChI=1S/C22H27N3O3/c1-16-7-6-8-17(2)22(16)25(18(3)26)15-21(27)23-19-9-4-5-10-20(19)24-11-13-28-14-12-24/h4-10H,11-15H2,1-3H3,(H,23,27). The molecule has 0 unspecified atom stereocenters. The van der Waals surface area contributed by atoms with Crippen molar-refractivity contribution in [2.45, 2.75) is 20.8 Å². The minimum absolute atomic E-state index is 0.0293. The summed E-state index contributed by atoms with van der Waals surface area (Å²) < 4.78 is 5.42. The lowest BCUT2D eigenvalue weighted by Crippen LogP contribution is -2.39. The number of para-hydroxylation sites is 3. The van der Waals surface area contributed by atoms with Crippen LogP contribution in [0.25, 0.3) is 0 Å². The fourth-order valence-corrected chi connectivity index (χ4v) is 3.57. The normalized spacial score (nSPS) is 13.9. The number of morpholine rings is 1. The highest BCUT2D eigenvalue weighted by Gasteiger charge is 2.21. The number of anilines is 3. The van der Waals surface area contributed by atoms with Crippen LogP contribution in [-0.2, 0) is 14.3 Å². The number of hydrogen-bond acceptors (Lipinski definition) is 4. The average Bonchev–Trinajstić information content (AvgIpc) is 2.68. The molecule has 0 saturated carbocycles. The van der Waals surface area contributed by atoms with Gasteiger partial charge in [0.1, 0.15) is 6.54 Å². The van der Waals surface area contributed by atoms with Crippen LogP contribution in [0.15, 0.2) is 42.5 Å². The van der Waals surface area contributed by atoms with Crippen molar-refractivity contribution < 1.29 is 14.3 Å². The Hall–Kier alpha value is -2.86. The summed E-state index contributed by atoms with van der Waals surface area (Å²) in [5.74, 6) is -0.382. The second kappa shape index (κ2) is 8.89. The smallest absolute Gasteiger partial charge is 0.244 e. The number of rotatable bonds is 5. The number of benzene rings is 2. The molecular weight excluding hydrogens is 354 g/mol. The lowest BCUT2D eigenvalue weighted by molar-refractivity contribution is -0.120. The van der Waals surface area contributed by atoms with E-state index in [1.165, 1.54) is 11.8 Å². The first kappa shape index (κ1) is 19.9. The topological polar surface area (TPSA) is 61.9 Å². The first-order valence-electron chi connectivity index (χ1n) is 9.53. The molecule has 2 amide bonds. The Morgan fingerprint density at radius 3 is 2.32 bits per heavy atom. The molecule has 2 aromatic rings. The Morgan fingerprint density at radius 1 is 1.04 bits per heavy atom. The lowest BCUT2D eigenvalue weighted by atomic mass is 10.1. The van der Waals surface area contributed by atoms with Gasteiger partial charge in [-0.15, -0.1) is 0 Å². The van der Waals surface area contributed by atoms with Crippen LogP contribution in [0.5, 0.6) is 0 Å². The highest BCUT2D eigenvalue weighted by Crippen LogP contribution is 2.27. The third-order valence-corrected chi connectivity index (χ3v) is 4.92. The third-order valence-electron chi connectivity index (χ3n) is 4.92.